The van der Waals surface area contributed by atoms with Gasteiger partial charge in [0, 0.05) is 17.0 Å². The van der Waals surface area contributed by atoms with Crippen LogP contribution >= 0.6 is 0 Å². The summed E-state index contributed by atoms with van der Waals surface area (Å²) in [5.41, 5.74) is 1.19. The van der Waals surface area contributed by atoms with Crippen molar-refractivity contribution in [2.24, 2.45) is 0 Å². The van der Waals surface area contributed by atoms with E-state index < -0.39 is 16.0 Å². The van der Waals surface area contributed by atoms with Crippen molar-refractivity contribution in [3.63, 3.8) is 0 Å². The van der Waals surface area contributed by atoms with Gasteiger partial charge >= 0.3 is 5.97 Å². The number of aromatic amines is 1. The SMILES string of the molecule is COC(=O)c1ccccc1NS(=O)(=O)c1ccc2[nH]c(=O)cc(C)c2c1. The van der Waals surface area contributed by atoms with Gasteiger partial charge in [-0.05, 0) is 42.8 Å². The number of aromatic nitrogens is 1. The van der Waals surface area contributed by atoms with Gasteiger partial charge in [-0.1, -0.05) is 12.1 Å². The molecule has 0 amide bonds. The third-order valence-electron chi connectivity index (χ3n) is 3.91. The van der Waals surface area contributed by atoms with E-state index in [1.807, 2.05) is 0 Å². The third kappa shape index (κ3) is 3.31. The molecule has 2 aromatic carbocycles. The van der Waals surface area contributed by atoms with Gasteiger partial charge in [0.1, 0.15) is 0 Å². The summed E-state index contributed by atoms with van der Waals surface area (Å²) in [5.74, 6) is -0.643. The van der Waals surface area contributed by atoms with E-state index in [2.05, 4.69) is 14.4 Å². The van der Waals surface area contributed by atoms with E-state index in [0.29, 0.717) is 16.5 Å². The third-order valence-corrected chi connectivity index (χ3v) is 5.27. The normalized spacial score (nSPS) is 11.3. The van der Waals surface area contributed by atoms with Crippen LogP contribution in [0.4, 0.5) is 5.69 Å². The number of sulfonamides is 1. The molecule has 134 valence electrons. The molecule has 1 heterocycles. The van der Waals surface area contributed by atoms with Crippen molar-refractivity contribution in [1.82, 2.24) is 4.98 Å². The largest absolute Gasteiger partial charge is 0.465 e. The fraction of sp³-hybridized carbons (Fsp3) is 0.111. The van der Waals surface area contributed by atoms with Gasteiger partial charge in [0.05, 0.1) is 23.3 Å². The van der Waals surface area contributed by atoms with Crippen LogP contribution in [0, 0.1) is 6.92 Å². The summed E-state index contributed by atoms with van der Waals surface area (Å²) in [4.78, 5) is 26.0. The molecule has 0 saturated heterocycles. The number of pyridine rings is 1. The van der Waals surface area contributed by atoms with Crippen molar-refractivity contribution >= 4 is 32.6 Å². The number of rotatable bonds is 4. The van der Waals surface area contributed by atoms with Gasteiger partial charge in [0.2, 0.25) is 5.56 Å². The summed E-state index contributed by atoms with van der Waals surface area (Å²) in [7, 11) is -2.72. The maximum Gasteiger partial charge on any atom is 0.339 e. The monoisotopic (exact) mass is 372 g/mol. The first-order chi connectivity index (χ1) is 12.3. The Hall–Kier alpha value is -3.13. The number of nitrogens with one attached hydrogen (secondary N) is 2. The fourth-order valence-electron chi connectivity index (χ4n) is 2.63. The zero-order valence-electron chi connectivity index (χ0n) is 14.1. The van der Waals surface area contributed by atoms with E-state index in [1.54, 1.807) is 19.1 Å². The second kappa shape index (κ2) is 6.64. The van der Waals surface area contributed by atoms with Crippen molar-refractivity contribution in [3.05, 3.63) is 70.0 Å². The van der Waals surface area contributed by atoms with Gasteiger partial charge in [-0.2, -0.15) is 0 Å². The molecule has 0 saturated carbocycles. The fourth-order valence-corrected chi connectivity index (χ4v) is 3.74. The number of hydrogen-bond acceptors (Lipinski definition) is 5. The van der Waals surface area contributed by atoms with Crippen LogP contribution in [0.2, 0.25) is 0 Å². The molecule has 0 aliphatic rings. The molecule has 0 aliphatic heterocycles. The lowest BCUT2D eigenvalue weighted by Gasteiger charge is -2.12. The van der Waals surface area contributed by atoms with Gasteiger partial charge in [-0.25, -0.2) is 13.2 Å². The minimum absolute atomic E-state index is 0.0137. The highest BCUT2D eigenvalue weighted by molar-refractivity contribution is 7.92. The highest BCUT2D eigenvalue weighted by Gasteiger charge is 2.19. The zero-order chi connectivity index (χ0) is 18.9. The lowest BCUT2D eigenvalue weighted by atomic mass is 10.1. The molecular formula is C18H16N2O5S. The molecule has 0 spiro atoms. The molecule has 0 aliphatic carbocycles. The number of benzene rings is 2. The van der Waals surface area contributed by atoms with Crippen molar-refractivity contribution in [2.75, 3.05) is 11.8 Å². The van der Waals surface area contributed by atoms with Crippen LogP contribution in [0.5, 0.6) is 0 Å². The minimum Gasteiger partial charge on any atom is -0.465 e. The van der Waals surface area contributed by atoms with Crippen molar-refractivity contribution < 1.29 is 17.9 Å². The highest BCUT2D eigenvalue weighted by Crippen LogP contribution is 2.24. The van der Waals surface area contributed by atoms with Crippen molar-refractivity contribution in [3.8, 4) is 0 Å². The number of ether oxygens (including phenoxy) is 1. The van der Waals surface area contributed by atoms with E-state index in [9.17, 15) is 18.0 Å². The Kier molecular flexibility index (Phi) is 4.52. The van der Waals surface area contributed by atoms with Crippen molar-refractivity contribution in [1.29, 1.82) is 0 Å². The quantitative estimate of drug-likeness (QED) is 0.684. The number of fused-ring (bicyclic) bond motifs is 1. The summed E-state index contributed by atoms with van der Waals surface area (Å²) in [6, 6.07) is 12.0. The Morgan fingerprint density at radius 3 is 2.58 bits per heavy atom. The van der Waals surface area contributed by atoms with Gasteiger partial charge < -0.3 is 9.72 Å². The number of H-pyrrole nitrogens is 1. The number of carbonyl (C=O) groups is 1. The molecular weight excluding hydrogens is 356 g/mol. The maximum absolute atomic E-state index is 12.8. The van der Waals surface area contributed by atoms with E-state index >= 15 is 0 Å². The summed E-state index contributed by atoms with van der Waals surface area (Å²) in [6.45, 7) is 1.73. The molecule has 0 atom stereocenters. The summed E-state index contributed by atoms with van der Waals surface area (Å²) in [5, 5.41) is 0.619. The Balaban J connectivity index is 2.06. The number of para-hydroxylation sites is 1. The predicted octanol–water partition coefficient (Wildman–Crippen LogP) is 2.42. The molecule has 0 radical (unpaired) electrons. The molecule has 7 nitrogen and oxygen atoms in total. The van der Waals surface area contributed by atoms with Crippen LogP contribution in [-0.4, -0.2) is 26.5 Å². The Morgan fingerprint density at radius 1 is 1.12 bits per heavy atom. The molecule has 0 unspecified atom stereocenters. The average molecular weight is 372 g/mol. The first-order valence-corrected chi connectivity index (χ1v) is 9.14. The predicted molar refractivity (Wildman–Crippen MR) is 97.9 cm³/mol. The Bertz CT molecular complexity index is 1170. The number of carbonyl (C=O) groups excluding carboxylic acids is 1. The van der Waals surface area contributed by atoms with Crippen LogP contribution in [0.15, 0.2) is 58.2 Å². The van der Waals surface area contributed by atoms with Crippen LogP contribution in [0.25, 0.3) is 10.9 Å². The summed E-state index contributed by atoms with van der Waals surface area (Å²) >= 11 is 0. The van der Waals surface area contributed by atoms with Gasteiger partial charge in [-0.15, -0.1) is 0 Å². The van der Waals surface area contributed by atoms with Crippen LogP contribution < -0.4 is 10.3 Å². The summed E-state index contributed by atoms with van der Waals surface area (Å²) < 4.78 is 32.6. The van der Waals surface area contributed by atoms with Crippen LogP contribution in [0.1, 0.15) is 15.9 Å². The molecule has 1 aromatic heterocycles. The smallest absolute Gasteiger partial charge is 0.339 e. The van der Waals surface area contributed by atoms with Crippen LogP contribution in [-0.2, 0) is 14.8 Å². The highest BCUT2D eigenvalue weighted by atomic mass is 32.2. The maximum atomic E-state index is 12.8. The van der Waals surface area contributed by atoms with E-state index in [1.165, 1.54) is 43.5 Å². The first-order valence-electron chi connectivity index (χ1n) is 7.65. The molecule has 3 rings (SSSR count). The lowest BCUT2D eigenvalue weighted by molar-refractivity contribution is 0.0602. The number of hydrogen-bond donors (Lipinski definition) is 2. The first kappa shape index (κ1) is 17.7. The van der Waals surface area contributed by atoms with Crippen molar-refractivity contribution in [2.45, 2.75) is 11.8 Å². The standard InChI is InChI=1S/C18H16N2O5S/c1-11-9-17(21)19-15-8-7-12(10-14(11)15)26(23,24)20-16-6-4-3-5-13(16)18(22)25-2/h3-10,20H,1-2H3,(H,19,21). The molecule has 26 heavy (non-hydrogen) atoms. The Labute approximate surface area is 149 Å². The van der Waals surface area contributed by atoms with Gasteiger partial charge in [0.15, 0.2) is 0 Å². The summed E-state index contributed by atoms with van der Waals surface area (Å²) in [6.07, 6.45) is 0. The lowest BCUT2D eigenvalue weighted by Crippen LogP contribution is -2.16. The van der Waals surface area contributed by atoms with E-state index in [-0.39, 0.29) is 21.7 Å². The second-order valence-electron chi connectivity index (χ2n) is 5.67. The number of aryl methyl sites for hydroxylation is 1. The molecule has 0 fully saturated rings. The Morgan fingerprint density at radius 2 is 1.85 bits per heavy atom. The number of methoxy groups -OCH3 is 1. The molecule has 3 aromatic rings. The average Bonchev–Trinajstić information content (AvgIpc) is 2.60. The second-order valence-corrected chi connectivity index (χ2v) is 7.35. The number of esters is 1. The van der Waals surface area contributed by atoms with E-state index in [0.717, 1.165) is 0 Å². The molecule has 2 N–H and O–H groups in total. The molecule has 8 heteroatoms. The van der Waals surface area contributed by atoms with Gasteiger partial charge in [-0.3, -0.25) is 9.52 Å². The zero-order valence-corrected chi connectivity index (χ0v) is 14.9. The topological polar surface area (TPSA) is 105 Å². The molecule has 0 bridgehead atoms. The minimum atomic E-state index is -3.95. The van der Waals surface area contributed by atoms with E-state index in [4.69, 9.17) is 0 Å². The number of anilines is 1. The van der Waals surface area contributed by atoms with Crippen LogP contribution in [0.3, 0.4) is 0 Å². The van der Waals surface area contributed by atoms with Gasteiger partial charge in [0.25, 0.3) is 10.0 Å².